The quantitative estimate of drug-likeness (QED) is 0.0682. The molecule has 0 bridgehead atoms. The Bertz CT molecular complexity index is 3570. The van der Waals surface area contributed by atoms with Gasteiger partial charge in [-0.05, 0) is 129 Å². The summed E-state index contributed by atoms with van der Waals surface area (Å²) in [6.45, 7) is 12.2. The molecule has 3 saturated heterocycles. The summed E-state index contributed by atoms with van der Waals surface area (Å²) >= 11 is 0. The molecule has 6 aliphatic rings. The van der Waals surface area contributed by atoms with Gasteiger partial charge in [0.05, 0.1) is 102 Å². The Balaban J connectivity index is 0.000000143. The first-order chi connectivity index (χ1) is 41.2. The van der Waals surface area contributed by atoms with Crippen LogP contribution in [0.5, 0.6) is 0 Å². The standard InChI is InChI=1S/2C21H27N3O5.C21H27N3O4/c2*1-11-15-9-22-19(23-16-5-6-29-10-18(16)27)8-17(15)24(13-3-4-14(26)7-13)21(28)20(11)12(2)25;1-12-15-10-22-19(23-16-7-8-28-11-18(16)26)9-17(15)24(14-5-3-4-6-14)21(27)20(12)13(2)25/h2*8-9,13-14,16,18,26-27H,3-7,10H2,1-2H3,(H,22,23);9-10,14,16,18,26H,3-8,11H2,1-2H3,(H,22,23)/t2*13?,14?,16-,18-;16-,18-/m111/s1. The molecule has 6 aromatic rings. The summed E-state index contributed by atoms with van der Waals surface area (Å²) in [5.74, 6) is 1.00. The van der Waals surface area contributed by atoms with Gasteiger partial charge in [-0.3, -0.25) is 28.8 Å². The van der Waals surface area contributed by atoms with Crippen LogP contribution in [0, 0.1) is 20.8 Å². The third kappa shape index (κ3) is 12.9. The largest absolute Gasteiger partial charge is 0.393 e. The van der Waals surface area contributed by atoms with Gasteiger partial charge in [0.25, 0.3) is 16.7 Å². The maximum atomic E-state index is 13.3. The van der Waals surface area contributed by atoms with Crippen LogP contribution in [0.3, 0.4) is 0 Å². The number of aliphatic hydroxyl groups excluding tert-OH is 5. The average Bonchev–Trinajstić information content (AvgIpc) is 1.11. The molecule has 3 aliphatic heterocycles. The molecule has 0 radical (unpaired) electrons. The molecule has 6 aromatic heterocycles. The second-order valence-corrected chi connectivity index (χ2v) is 24.2. The van der Waals surface area contributed by atoms with Crippen LogP contribution in [-0.4, -0.2) is 160 Å². The van der Waals surface area contributed by atoms with E-state index >= 15 is 0 Å². The number of ketones is 3. The summed E-state index contributed by atoms with van der Waals surface area (Å²) in [5.41, 5.74) is 3.91. The third-order valence-corrected chi connectivity index (χ3v) is 18.3. The Morgan fingerprint density at radius 3 is 1.02 bits per heavy atom. The van der Waals surface area contributed by atoms with Gasteiger partial charge in [0.1, 0.15) is 17.5 Å². The van der Waals surface area contributed by atoms with E-state index < -0.39 is 30.5 Å². The average molecular weight is 1190 g/mol. The van der Waals surface area contributed by atoms with Crippen molar-refractivity contribution < 1.29 is 54.1 Å². The number of pyridine rings is 6. The zero-order valence-electron chi connectivity index (χ0n) is 49.8. The number of ether oxygens (including phenoxy) is 3. The van der Waals surface area contributed by atoms with Crippen LogP contribution in [0.15, 0.2) is 51.2 Å². The van der Waals surface area contributed by atoms with Crippen LogP contribution in [0.2, 0.25) is 0 Å². The molecule has 462 valence electrons. The van der Waals surface area contributed by atoms with E-state index in [2.05, 4.69) is 30.9 Å². The predicted octanol–water partition coefficient (Wildman–Crippen LogP) is 5.69. The van der Waals surface area contributed by atoms with Crippen LogP contribution in [-0.2, 0) is 14.2 Å². The smallest absolute Gasteiger partial charge is 0.262 e. The molecule has 0 spiro atoms. The van der Waals surface area contributed by atoms with Crippen molar-refractivity contribution >= 4 is 67.5 Å². The van der Waals surface area contributed by atoms with Gasteiger partial charge < -0.3 is 69.4 Å². The minimum Gasteiger partial charge on any atom is -0.393 e. The van der Waals surface area contributed by atoms with E-state index in [9.17, 15) is 54.3 Å². The molecule has 6 fully saturated rings. The van der Waals surface area contributed by atoms with Crippen molar-refractivity contribution in [2.45, 2.75) is 192 Å². The number of fused-ring (bicyclic) bond motifs is 3. The predicted molar refractivity (Wildman–Crippen MR) is 324 cm³/mol. The normalized spacial score (nSPS) is 26.0. The van der Waals surface area contributed by atoms with Gasteiger partial charge in [-0.25, -0.2) is 15.0 Å². The van der Waals surface area contributed by atoms with Crippen molar-refractivity contribution in [2.24, 2.45) is 0 Å². The fourth-order valence-electron chi connectivity index (χ4n) is 13.7. The Hall–Kier alpha value is -6.83. The summed E-state index contributed by atoms with van der Waals surface area (Å²) in [6, 6.07) is 4.78. The summed E-state index contributed by atoms with van der Waals surface area (Å²) in [6.07, 6.45) is 12.0. The number of aliphatic hydroxyl groups is 5. The first kappa shape index (κ1) is 62.2. The van der Waals surface area contributed by atoms with Gasteiger partial charge in [0, 0.05) is 90.9 Å². The van der Waals surface area contributed by atoms with E-state index in [-0.39, 0.29) is 100 Å². The van der Waals surface area contributed by atoms with E-state index in [4.69, 9.17) is 14.2 Å². The summed E-state index contributed by atoms with van der Waals surface area (Å²) < 4.78 is 20.9. The Morgan fingerprint density at radius 2 is 0.756 bits per heavy atom. The number of carbonyl (C=O) groups is 3. The van der Waals surface area contributed by atoms with Crippen LogP contribution in [0.1, 0.15) is 170 Å². The van der Waals surface area contributed by atoms with Crippen molar-refractivity contribution in [1.29, 1.82) is 0 Å². The lowest BCUT2D eigenvalue weighted by atomic mass is 10.0. The molecule has 3 aliphatic carbocycles. The highest BCUT2D eigenvalue weighted by Crippen LogP contribution is 2.37. The topological polar surface area (TPSA) is 321 Å². The molecule has 10 atom stereocenters. The van der Waals surface area contributed by atoms with E-state index in [0.29, 0.717) is 129 Å². The lowest BCUT2D eigenvalue weighted by Crippen LogP contribution is -2.42. The van der Waals surface area contributed by atoms with Gasteiger partial charge in [0.2, 0.25) is 0 Å². The molecule has 23 heteroatoms. The van der Waals surface area contributed by atoms with Crippen LogP contribution in [0.25, 0.3) is 32.7 Å². The molecule has 4 unspecified atom stereocenters. The third-order valence-electron chi connectivity index (χ3n) is 18.3. The van der Waals surface area contributed by atoms with Crippen molar-refractivity contribution in [3.63, 3.8) is 0 Å². The number of rotatable bonds is 12. The molecule has 12 rings (SSSR count). The number of anilines is 3. The highest BCUT2D eigenvalue weighted by Gasteiger charge is 2.33. The van der Waals surface area contributed by atoms with E-state index in [0.717, 1.165) is 47.4 Å². The van der Waals surface area contributed by atoms with E-state index in [1.165, 1.54) is 20.8 Å². The van der Waals surface area contributed by atoms with Crippen LogP contribution >= 0.6 is 0 Å². The number of carbonyl (C=O) groups excluding carboxylic acids is 3. The van der Waals surface area contributed by atoms with Gasteiger partial charge >= 0.3 is 0 Å². The van der Waals surface area contributed by atoms with Gasteiger partial charge in [-0.1, -0.05) is 12.8 Å². The fourth-order valence-corrected chi connectivity index (χ4v) is 13.7. The number of aryl methyl sites for hydroxylation is 3. The minimum atomic E-state index is -0.629. The van der Waals surface area contributed by atoms with Crippen LogP contribution in [0.4, 0.5) is 17.5 Å². The van der Waals surface area contributed by atoms with Crippen LogP contribution < -0.4 is 32.6 Å². The minimum absolute atomic E-state index is 0.109. The number of hydrogen-bond acceptors (Lipinski definition) is 20. The van der Waals surface area contributed by atoms with Gasteiger partial charge in [0.15, 0.2) is 17.3 Å². The molecule has 86 heavy (non-hydrogen) atoms. The number of hydrogen-bond donors (Lipinski definition) is 8. The zero-order chi connectivity index (χ0) is 61.2. The molecule has 9 heterocycles. The fraction of sp³-hybridized carbons (Fsp3) is 0.571. The molecule has 0 amide bonds. The van der Waals surface area contributed by atoms with E-state index in [1.807, 2.05) is 13.0 Å². The molecular weight excluding hydrogens is 1110 g/mol. The number of nitrogens with zero attached hydrogens (tertiary/aromatic N) is 6. The van der Waals surface area contributed by atoms with Crippen molar-refractivity contribution in [3.8, 4) is 0 Å². The molecular formula is C63H81N9O14. The van der Waals surface area contributed by atoms with Crippen molar-refractivity contribution in [2.75, 3.05) is 55.6 Å². The number of Topliss-reactive ketones (excluding diaryl/α,β-unsaturated/α-hetero) is 3. The van der Waals surface area contributed by atoms with Gasteiger partial charge in [-0.15, -0.1) is 0 Å². The summed E-state index contributed by atoms with van der Waals surface area (Å²) in [7, 11) is 0. The first-order valence-electron chi connectivity index (χ1n) is 30.3. The lowest BCUT2D eigenvalue weighted by molar-refractivity contribution is -0.0135. The first-order valence-corrected chi connectivity index (χ1v) is 30.3. The van der Waals surface area contributed by atoms with Gasteiger partial charge in [-0.2, -0.15) is 0 Å². The van der Waals surface area contributed by atoms with Crippen molar-refractivity contribution in [1.82, 2.24) is 28.7 Å². The highest BCUT2D eigenvalue weighted by molar-refractivity contribution is 6.02. The summed E-state index contributed by atoms with van der Waals surface area (Å²) in [4.78, 5) is 89.7. The lowest BCUT2D eigenvalue weighted by Gasteiger charge is -2.29. The second kappa shape index (κ2) is 26.6. The van der Waals surface area contributed by atoms with Crippen molar-refractivity contribution in [3.05, 3.63) is 101 Å². The Morgan fingerprint density at radius 1 is 0.453 bits per heavy atom. The molecule has 8 N–H and O–H groups in total. The number of aromatic nitrogens is 6. The second-order valence-electron chi connectivity index (χ2n) is 24.2. The number of nitrogens with one attached hydrogen (secondary N) is 3. The maximum Gasteiger partial charge on any atom is 0.262 e. The Kier molecular flexibility index (Phi) is 19.3. The maximum absolute atomic E-state index is 13.3. The molecule has 0 aromatic carbocycles. The SMILES string of the molecule is CC(=O)c1c(C)c2cnc(N[C@@H]3CCOC[C@H]3O)cc2n(C2CCC(O)C2)c1=O.CC(=O)c1c(C)c2cnc(N[C@@H]3CCOC[C@H]3O)cc2n(C2CCC(O)C2)c1=O.CC(=O)c1c(C)c2cnc(N[C@@H]3CCOC[C@H]3O)cc2n(C2CCCC2)c1=O. The highest BCUT2D eigenvalue weighted by atomic mass is 16.5. The summed E-state index contributed by atoms with van der Waals surface area (Å²) in [5, 5.41) is 62.6. The molecule has 3 saturated carbocycles. The monoisotopic (exact) mass is 1190 g/mol. The Labute approximate surface area is 497 Å². The molecule has 23 nitrogen and oxygen atoms in total. The zero-order valence-corrected chi connectivity index (χ0v) is 49.8. The van der Waals surface area contributed by atoms with E-state index in [1.54, 1.807) is 58.3 Å².